The highest BCUT2D eigenvalue weighted by molar-refractivity contribution is 7.91. The molecule has 1 N–H and O–H groups in total. The van der Waals surface area contributed by atoms with Crippen LogP contribution in [-0.4, -0.2) is 78.2 Å². The first-order chi connectivity index (χ1) is 14.2. The van der Waals surface area contributed by atoms with Crippen LogP contribution in [0, 0.1) is 20.8 Å². The van der Waals surface area contributed by atoms with Crippen LogP contribution in [0.1, 0.15) is 29.5 Å². The fourth-order valence-electron chi connectivity index (χ4n) is 4.34. The highest BCUT2D eigenvalue weighted by atomic mass is 32.2. The van der Waals surface area contributed by atoms with E-state index in [1.165, 1.54) is 11.3 Å². The van der Waals surface area contributed by atoms with Gasteiger partial charge in [0.05, 0.1) is 46.9 Å². The Morgan fingerprint density at radius 2 is 1.97 bits per heavy atom. The van der Waals surface area contributed by atoms with Gasteiger partial charge in [-0.2, -0.15) is 5.10 Å². The summed E-state index contributed by atoms with van der Waals surface area (Å²) in [7, 11) is -2.95. The maximum Gasteiger partial charge on any atom is 0.240 e. The summed E-state index contributed by atoms with van der Waals surface area (Å²) < 4.78 is 25.6. The summed E-state index contributed by atoms with van der Waals surface area (Å²) in [5.41, 5.74) is 3.97. The third kappa shape index (κ3) is 4.52. The molecule has 9 nitrogen and oxygen atoms in total. The molecule has 11 heteroatoms. The van der Waals surface area contributed by atoms with Gasteiger partial charge >= 0.3 is 0 Å². The molecule has 2 aliphatic rings. The van der Waals surface area contributed by atoms with Crippen molar-refractivity contribution in [1.29, 1.82) is 0 Å². The number of thiazole rings is 1. The summed E-state index contributed by atoms with van der Waals surface area (Å²) in [6.07, 6.45) is 0.630. The van der Waals surface area contributed by atoms with Crippen LogP contribution in [0.3, 0.4) is 0 Å². The number of carbonyl (C=O) groups excluding carboxylic acids is 1. The van der Waals surface area contributed by atoms with Crippen LogP contribution in [0.25, 0.3) is 0 Å². The van der Waals surface area contributed by atoms with Gasteiger partial charge in [0.2, 0.25) is 5.91 Å². The number of rotatable bonds is 5. The molecule has 2 aromatic rings. The summed E-state index contributed by atoms with van der Waals surface area (Å²) >= 11 is 1.44. The van der Waals surface area contributed by atoms with Gasteiger partial charge in [-0.05, 0) is 27.2 Å². The van der Waals surface area contributed by atoms with Gasteiger partial charge in [-0.3, -0.25) is 14.4 Å². The van der Waals surface area contributed by atoms with E-state index in [9.17, 15) is 13.2 Å². The third-order valence-corrected chi connectivity index (χ3v) is 8.39. The number of aromatic nitrogens is 3. The summed E-state index contributed by atoms with van der Waals surface area (Å²) in [4.78, 5) is 21.0. The standard InChI is InChI=1S/C19H28N6O3S2/c1-13-11-29-19(20-13)21-17(26)10-23-5-7-24(8-6-23)18-14(2)22-25(15(18)3)16-4-9-30(27,28)12-16/h11,16H,4-10,12H2,1-3H3,(H,20,21,26). The van der Waals surface area contributed by atoms with Crippen molar-refractivity contribution in [3.8, 4) is 0 Å². The van der Waals surface area contributed by atoms with Crippen molar-refractivity contribution in [3.63, 3.8) is 0 Å². The van der Waals surface area contributed by atoms with Crippen molar-refractivity contribution in [2.24, 2.45) is 0 Å². The molecule has 0 aromatic carbocycles. The first kappa shape index (κ1) is 21.3. The van der Waals surface area contributed by atoms with Crippen LogP contribution in [0.2, 0.25) is 0 Å². The van der Waals surface area contributed by atoms with Gasteiger partial charge in [-0.15, -0.1) is 11.3 Å². The molecular weight excluding hydrogens is 424 g/mol. The van der Waals surface area contributed by atoms with Crippen LogP contribution in [0.15, 0.2) is 5.38 Å². The van der Waals surface area contributed by atoms with Crippen molar-refractivity contribution in [2.45, 2.75) is 33.2 Å². The zero-order valence-electron chi connectivity index (χ0n) is 17.6. The largest absolute Gasteiger partial charge is 0.366 e. The number of sulfone groups is 1. The van der Waals surface area contributed by atoms with Crippen molar-refractivity contribution < 1.29 is 13.2 Å². The fraction of sp³-hybridized carbons (Fsp3) is 0.632. The van der Waals surface area contributed by atoms with Gasteiger partial charge in [0.15, 0.2) is 15.0 Å². The SMILES string of the molecule is Cc1csc(NC(=O)CN2CCN(c3c(C)nn(C4CCS(=O)(=O)C4)c3C)CC2)n1. The molecule has 2 fully saturated rings. The summed E-state index contributed by atoms with van der Waals surface area (Å²) in [6.45, 7) is 9.44. The van der Waals surface area contributed by atoms with Crippen LogP contribution >= 0.6 is 11.3 Å². The lowest BCUT2D eigenvalue weighted by Crippen LogP contribution is -2.49. The molecule has 30 heavy (non-hydrogen) atoms. The van der Waals surface area contributed by atoms with Gasteiger partial charge in [0.25, 0.3) is 0 Å². The monoisotopic (exact) mass is 452 g/mol. The molecule has 0 aliphatic carbocycles. The molecule has 0 spiro atoms. The molecule has 0 bridgehead atoms. The molecule has 1 amide bonds. The minimum absolute atomic E-state index is 0.0413. The Hall–Kier alpha value is -1.98. The Morgan fingerprint density at radius 1 is 1.23 bits per heavy atom. The first-order valence-corrected chi connectivity index (χ1v) is 12.9. The van der Waals surface area contributed by atoms with Gasteiger partial charge in [0.1, 0.15) is 0 Å². The molecule has 1 atom stereocenters. The van der Waals surface area contributed by atoms with Crippen LogP contribution < -0.4 is 10.2 Å². The molecule has 164 valence electrons. The van der Waals surface area contributed by atoms with E-state index < -0.39 is 9.84 Å². The normalized spacial score (nSPS) is 21.8. The van der Waals surface area contributed by atoms with Crippen LogP contribution in [0.5, 0.6) is 0 Å². The average Bonchev–Trinajstić information content (AvgIpc) is 3.33. The maximum absolute atomic E-state index is 12.3. The smallest absolute Gasteiger partial charge is 0.240 e. The molecule has 1 unspecified atom stereocenters. The second-order valence-corrected chi connectivity index (χ2v) is 11.2. The van der Waals surface area contributed by atoms with Crippen molar-refractivity contribution >= 4 is 37.9 Å². The van der Waals surface area contributed by atoms with Gasteiger partial charge in [0, 0.05) is 31.6 Å². The van der Waals surface area contributed by atoms with Crippen LogP contribution in [-0.2, 0) is 14.6 Å². The second kappa shape index (κ2) is 8.27. The summed E-state index contributed by atoms with van der Waals surface area (Å²) in [5.74, 6) is 0.378. The predicted octanol–water partition coefficient (Wildman–Crippen LogP) is 1.39. The minimum atomic E-state index is -2.95. The quantitative estimate of drug-likeness (QED) is 0.732. The van der Waals surface area contributed by atoms with Crippen molar-refractivity contribution in [1.82, 2.24) is 19.7 Å². The number of aryl methyl sites for hydroxylation is 2. The molecular formula is C19H28N6O3S2. The Morgan fingerprint density at radius 3 is 2.57 bits per heavy atom. The molecule has 4 heterocycles. The molecule has 2 aliphatic heterocycles. The highest BCUT2D eigenvalue weighted by Gasteiger charge is 2.32. The van der Waals surface area contributed by atoms with E-state index in [0.29, 0.717) is 18.1 Å². The van der Waals surface area contributed by atoms with E-state index in [1.807, 2.05) is 30.8 Å². The summed E-state index contributed by atoms with van der Waals surface area (Å²) in [6, 6.07) is -0.0677. The Balaban J connectivity index is 1.35. The molecule has 2 aromatic heterocycles. The first-order valence-electron chi connectivity index (χ1n) is 10.2. The lowest BCUT2D eigenvalue weighted by molar-refractivity contribution is -0.117. The number of anilines is 2. The number of hydrogen-bond donors (Lipinski definition) is 1. The van der Waals surface area contributed by atoms with E-state index in [-0.39, 0.29) is 23.5 Å². The second-order valence-electron chi connectivity index (χ2n) is 8.13. The molecule has 2 saturated heterocycles. The number of amides is 1. The topological polar surface area (TPSA) is 100 Å². The van der Waals surface area contributed by atoms with Gasteiger partial charge in [-0.1, -0.05) is 0 Å². The zero-order valence-corrected chi connectivity index (χ0v) is 19.2. The maximum atomic E-state index is 12.3. The van der Waals surface area contributed by atoms with E-state index in [0.717, 1.165) is 48.9 Å². The highest BCUT2D eigenvalue weighted by Crippen LogP contribution is 2.31. The lowest BCUT2D eigenvalue weighted by atomic mass is 10.2. The predicted molar refractivity (Wildman–Crippen MR) is 118 cm³/mol. The number of piperazine rings is 1. The average molecular weight is 453 g/mol. The molecule has 0 radical (unpaired) electrons. The zero-order chi connectivity index (χ0) is 21.5. The van der Waals surface area contributed by atoms with E-state index in [2.05, 4.69) is 25.2 Å². The van der Waals surface area contributed by atoms with E-state index >= 15 is 0 Å². The third-order valence-electron chi connectivity index (χ3n) is 5.76. The number of carbonyl (C=O) groups is 1. The van der Waals surface area contributed by atoms with E-state index in [4.69, 9.17) is 0 Å². The lowest BCUT2D eigenvalue weighted by Gasteiger charge is -2.35. The van der Waals surface area contributed by atoms with E-state index in [1.54, 1.807) is 0 Å². The van der Waals surface area contributed by atoms with Crippen molar-refractivity contribution in [3.05, 3.63) is 22.5 Å². The van der Waals surface area contributed by atoms with Crippen LogP contribution in [0.4, 0.5) is 10.8 Å². The van der Waals surface area contributed by atoms with Crippen molar-refractivity contribution in [2.75, 3.05) is 54.4 Å². The number of nitrogens with one attached hydrogen (secondary N) is 1. The van der Waals surface area contributed by atoms with Gasteiger partial charge in [-0.25, -0.2) is 13.4 Å². The number of nitrogens with zero attached hydrogens (tertiary/aromatic N) is 5. The number of hydrogen-bond acceptors (Lipinski definition) is 8. The fourth-order valence-corrected chi connectivity index (χ4v) is 6.73. The minimum Gasteiger partial charge on any atom is -0.366 e. The Bertz CT molecular complexity index is 1040. The summed E-state index contributed by atoms with van der Waals surface area (Å²) in [5, 5.41) is 10.1. The van der Waals surface area contributed by atoms with Gasteiger partial charge < -0.3 is 10.2 Å². The Labute approximate surface area is 181 Å². The molecule has 0 saturated carbocycles. The molecule has 4 rings (SSSR count). The Kier molecular flexibility index (Phi) is 5.86.